The third-order valence-electron chi connectivity index (χ3n) is 3.56. The Balaban J connectivity index is 1.98. The molecule has 0 aromatic rings. The standard InChI is InChI=1S/C15H28O11/c16-9-10-12(19)13(20)14(21)15(26-10)25-8-7-24-6-5-23-4-3-22-2-1-11(17)18/h10,12-16,19-21H,1-9H2,(H,17,18)/t10?,12-,13?,14-,15+/m0/s1. The van der Waals surface area contributed by atoms with E-state index in [2.05, 4.69) is 0 Å². The molecule has 1 saturated heterocycles. The molecule has 0 saturated carbocycles. The fourth-order valence-corrected chi connectivity index (χ4v) is 2.13. The van der Waals surface area contributed by atoms with E-state index >= 15 is 0 Å². The second-order valence-corrected chi connectivity index (χ2v) is 5.55. The number of aliphatic hydroxyl groups excluding tert-OH is 4. The Morgan fingerprint density at radius 3 is 1.88 bits per heavy atom. The average molecular weight is 384 g/mol. The molecule has 0 aromatic carbocycles. The summed E-state index contributed by atoms with van der Waals surface area (Å²) in [5.41, 5.74) is 0. The van der Waals surface area contributed by atoms with Crippen molar-refractivity contribution < 1.29 is 54.0 Å². The van der Waals surface area contributed by atoms with E-state index in [1.807, 2.05) is 0 Å². The highest BCUT2D eigenvalue weighted by Crippen LogP contribution is 2.21. The van der Waals surface area contributed by atoms with Gasteiger partial charge in [0.05, 0.1) is 59.3 Å². The Bertz CT molecular complexity index is 379. The van der Waals surface area contributed by atoms with Crippen molar-refractivity contribution in [3.8, 4) is 0 Å². The topological polar surface area (TPSA) is 164 Å². The summed E-state index contributed by atoms with van der Waals surface area (Å²) in [6, 6.07) is 0. The normalized spacial score (nSPS) is 29.0. The minimum Gasteiger partial charge on any atom is -0.481 e. The highest BCUT2D eigenvalue weighted by molar-refractivity contribution is 5.66. The van der Waals surface area contributed by atoms with Crippen LogP contribution in [-0.4, -0.2) is 115 Å². The van der Waals surface area contributed by atoms with Crippen molar-refractivity contribution >= 4 is 5.97 Å². The Morgan fingerprint density at radius 2 is 1.35 bits per heavy atom. The Hall–Kier alpha value is -0.890. The largest absolute Gasteiger partial charge is 0.481 e. The first-order valence-corrected chi connectivity index (χ1v) is 8.34. The molecule has 1 rings (SSSR count). The number of carbonyl (C=O) groups is 1. The van der Waals surface area contributed by atoms with Crippen molar-refractivity contribution in [1.82, 2.24) is 0 Å². The fraction of sp³-hybridized carbons (Fsp3) is 0.933. The number of rotatable bonds is 14. The first kappa shape index (κ1) is 23.1. The summed E-state index contributed by atoms with van der Waals surface area (Å²) in [6.45, 7) is 1.13. The number of carboxylic acid groups (broad SMARTS) is 1. The lowest BCUT2D eigenvalue weighted by molar-refractivity contribution is -0.302. The molecule has 1 heterocycles. The maximum absolute atomic E-state index is 10.2. The average Bonchev–Trinajstić information content (AvgIpc) is 2.62. The molecule has 2 unspecified atom stereocenters. The van der Waals surface area contributed by atoms with Gasteiger partial charge < -0.3 is 49.2 Å². The van der Waals surface area contributed by atoms with Crippen LogP contribution in [-0.2, 0) is 28.5 Å². The molecule has 154 valence electrons. The van der Waals surface area contributed by atoms with Gasteiger partial charge in [0.1, 0.15) is 24.4 Å². The van der Waals surface area contributed by atoms with Gasteiger partial charge in [0.25, 0.3) is 0 Å². The van der Waals surface area contributed by atoms with Gasteiger partial charge in [-0.25, -0.2) is 0 Å². The van der Waals surface area contributed by atoms with Gasteiger partial charge in [0, 0.05) is 0 Å². The third-order valence-corrected chi connectivity index (χ3v) is 3.56. The Kier molecular flexibility index (Phi) is 11.8. The highest BCUT2D eigenvalue weighted by Gasteiger charge is 2.43. The lowest BCUT2D eigenvalue weighted by Crippen LogP contribution is -2.59. The number of hydrogen-bond acceptors (Lipinski definition) is 10. The third kappa shape index (κ3) is 8.66. The van der Waals surface area contributed by atoms with E-state index < -0.39 is 43.3 Å². The van der Waals surface area contributed by atoms with Crippen molar-refractivity contribution in [2.45, 2.75) is 37.1 Å². The summed E-state index contributed by atoms with van der Waals surface area (Å²) in [6.07, 6.45) is -6.55. The van der Waals surface area contributed by atoms with Gasteiger partial charge >= 0.3 is 5.97 Å². The lowest BCUT2D eigenvalue weighted by atomic mass is 9.99. The molecule has 11 nitrogen and oxygen atoms in total. The smallest absolute Gasteiger partial charge is 0.305 e. The number of carboxylic acids is 1. The maximum Gasteiger partial charge on any atom is 0.305 e. The molecule has 5 atom stereocenters. The zero-order valence-electron chi connectivity index (χ0n) is 14.4. The van der Waals surface area contributed by atoms with Gasteiger partial charge in [-0.1, -0.05) is 0 Å². The maximum atomic E-state index is 10.2. The van der Waals surface area contributed by atoms with Crippen LogP contribution in [0.15, 0.2) is 0 Å². The second-order valence-electron chi connectivity index (χ2n) is 5.55. The van der Waals surface area contributed by atoms with Gasteiger partial charge in [-0.2, -0.15) is 0 Å². The van der Waals surface area contributed by atoms with Crippen LogP contribution in [0.1, 0.15) is 6.42 Å². The first-order chi connectivity index (χ1) is 12.5. The second kappa shape index (κ2) is 13.3. The molecule has 1 aliphatic rings. The van der Waals surface area contributed by atoms with Crippen LogP contribution in [0.2, 0.25) is 0 Å². The first-order valence-electron chi connectivity index (χ1n) is 8.34. The Labute approximate surface area is 151 Å². The lowest BCUT2D eigenvalue weighted by Gasteiger charge is -2.39. The minimum absolute atomic E-state index is 0.0441. The van der Waals surface area contributed by atoms with Crippen molar-refractivity contribution in [2.75, 3.05) is 52.9 Å². The van der Waals surface area contributed by atoms with Crippen molar-refractivity contribution in [1.29, 1.82) is 0 Å². The number of aliphatic hydroxyl groups is 4. The molecule has 1 fully saturated rings. The molecule has 0 amide bonds. The van der Waals surface area contributed by atoms with Crippen LogP contribution in [0.25, 0.3) is 0 Å². The van der Waals surface area contributed by atoms with Crippen LogP contribution in [0, 0.1) is 0 Å². The fourth-order valence-electron chi connectivity index (χ4n) is 2.13. The molecule has 0 aromatic heterocycles. The summed E-state index contributed by atoms with van der Waals surface area (Å²) >= 11 is 0. The number of ether oxygens (including phenoxy) is 5. The van der Waals surface area contributed by atoms with Crippen LogP contribution < -0.4 is 0 Å². The molecule has 0 radical (unpaired) electrons. The van der Waals surface area contributed by atoms with Gasteiger partial charge in [-0.15, -0.1) is 0 Å². The molecular weight excluding hydrogens is 356 g/mol. The van der Waals surface area contributed by atoms with E-state index in [9.17, 15) is 20.1 Å². The van der Waals surface area contributed by atoms with Gasteiger partial charge in [0.2, 0.25) is 0 Å². The van der Waals surface area contributed by atoms with Crippen molar-refractivity contribution in [3.63, 3.8) is 0 Å². The van der Waals surface area contributed by atoms with Crippen molar-refractivity contribution in [2.24, 2.45) is 0 Å². The van der Waals surface area contributed by atoms with E-state index in [1.54, 1.807) is 0 Å². The molecular formula is C15H28O11. The van der Waals surface area contributed by atoms with Gasteiger partial charge in [0.15, 0.2) is 6.29 Å². The number of aliphatic carboxylic acids is 1. The van der Waals surface area contributed by atoms with Crippen LogP contribution in [0.4, 0.5) is 0 Å². The Morgan fingerprint density at radius 1 is 0.808 bits per heavy atom. The summed E-state index contributed by atoms with van der Waals surface area (Å²) in [7, 11) is 0. The number of hydrogen-bond donors (Lipinski definition) is 5. The summed E-state index contributed by atoms with van der Waals surface area (Å²) in [5.74, 6) is -0.912. The molecule has 0 spiro atoms. The zero-order valence-corrected chi connectivity index (χ0v) is 14.4. The molecule has 0 aliphatic carbocycles. The van der Waals surface area contributed by atoms with E-state index in [0.717, 1.165) is 0 Å². The quantitative estimate of drug-likeness (QED) is 0.198. The summed E-state index contributed by atoms with van der Waals surface area (Å²) < 4.78 is 25.9. The SMILES string of the molecule is O=C(O)CCOCCOCCOCCO[C@@H]1OC(CO)[C@H](O)C(O)[C@@H]1O. The van der Waals surface area contributed by atoms with Crippen LogP contribution in [0.3, 0.4) is 0 Å². The van der Waals surface area contributed by atoms with Gasteiger partial charge in [-0.3, -0.25) is 4.79 Å². The molecule has 11 heteroatoms. The minimum atomic E-state index is -1.47. The molecule has 5 N–H and O–H groups in total. The predicted molar refractivity (Wildman–Crippen MR) is 84.4 cm³/mol. The summed E-state index contributed by atoms with van der Waals surface area (Å²) in [4.78, 5) is 10.2. The monoisotopic (exact) mass is 384 g/mol. The van der Waals surface area contributed by atoms with Crippen molar-refractivity contribution in [3.05, 3.63) is 0 Å². The van der Waals surface area contributed by atoms with Crippen LogP contribution >= 0.6 is 0 Å². The molecule has 26 heavy (non-hydrogen) atoms. The van der Waals surface area contributed by atoms with E-state index in [-0.39, 0.29) is 26.2 Å². The molecule has 0 bridgehead atoms. The summed E-state index contributed by atoms with van der Waals surface area (Å²) in [5, 5.41) is 46.5. The van der Waals surface area contributed by atoms with Crippen LogP contribution in [0.5, 0.6) is 0 Å². The van der Waals surface area contributed by atoms with Gasteiger partial charge in [-0.05, 0) is 0 Å². The van der Waals surface area contributed by atoms with E-state index in [0.29, 0.717) is 26.4 Å². The van der Waals surface area contributed by atoms with E-state index in [1.165, 1.54) is 0 Å². The zero-order chi connectivity index (χ0) is 19.4. The molecule has 1 aliphatic heterocycles. The highest BCUT2D eigenvalue weighted by atomic mass is 16.7. The predicted octanol–water partition coefficient (Wildman–Crippen LogP) is -2.67. The van der Waals surface area contributed by atoms with E-state index in [4.69, 9.17) is 33.9 Å².